The molecule has 0 spiro atoms. The van der Waals surface area contributed by atoms with Gasteiger partial charge in [0.05, 0.1) is 24.2 Å². The Morgan fingerprint density at radius 1 is 0.978 bits per heavy atom. The van der Waals surface area contributed by atoms with Crippen molar-refractivity contribution in [1.29, 1.82) is 0 Å². The van der Waals surface area contributed by atoms with Crippen LogP contribution in [0.3, 0.4) is 0 Å². The van der Waals surface area contributed by atoms with Crippen LogP contribution in [0.4, 0.5) is 15.4 Å². The minimum absolute atomic E-state index is 0.00513. The summed E-state index contributed by atoms with van der Waals surface area (Å²) in [5.74, 6) is -1.04. The third kappa shape index (κ3) is 6.83. The van der Waals surface area contributed by atoms with Crippen LogP contribution in [-0.4, -0.2) is 71.5 Å². The first-order chi connectivity index (χ1) is 21.6. The van der Waals surface area contributed by atoms with Gasteiger partial charge in [0, 0.05) is 25.2 Å². The van der Waals surface area contributed by atoms with Crippen LogP contribution in [0, 0.1) is 18.8 Å². The van der Waals surface area contributed by atoms with E-state index in [1.807, 2.05) is 44.2 Å². The SMILES string of the molecule is CCOC(=O)N(CC(=O)[C@@H]1CN(C(=O)OCc2ccccc2)C[C@H]1CC)c1cnc2ccn(S(=O)(=O)c3ccc(C)cc3)c2n1. The molecule has 5 rings (SSSR count). The molecule has 1 fully saturated rings. The van der Waals surface area contributed by atoms with Gasteiger partial charge in [-0.25, -0.2) is 31.9 Å². The number of ether oxygens (including phenoxy) is 2. The van der Waals surface area contributed by atoms with Crippen LogP contribution < -0.4 is 4.90 Å². The fraction of sp³-hybridized carbons (Fsp3) is 0.344. The number of Topliss-reactive ketones (excluding diaryl/α,β-unsaturated/α-hetero) is 1. The highest BCUT2D eigenvalue weighted by Crippen LogP contribution is 2.29. The number of hydrogen-bond acceptors (Lipinski definition) is 9. The van der Waals surface area contributed by atoms with Crippen molar-refractivity contribution in [1.82, 2.24) is 18.8 Å². The number of rotatable bonds is 10. The molecule has 4 aromatic rings. The van der Waals surface area contributed by atoms with Gasteiger partial charge < -0.3 is 14.4 Å². The number of nitrogens with zero attached hydrogens (tertiary/aromatic N) is 5. The van der Waals surface area contributed by atoms with E-state index in [1.165, 1.54) is 35.5 Å². The fourth-order valence-corrected chi connectivity index (χ4v) is 6.63. The Kier molecular flexibility index (Phi) is 9.47. The Labute approximate surface area is 261 Å². The summed E-state index contributed by atoms with van der Waals surface area (Å²) in [5.41, 5.74) is 2.04. The van der Waals surface area contributed by atoms with Gasteiger partial charge in [0.2, 0.25) is 0 Å². The number of likely N-dealkylation sites (tertiary alicyclic amines) is 1. The van der Waals surface area contributed by atoms with Crippen molar-refractivity contribution in [2.45, 2.75) is 38.7 Å². The Morgan fingerprint density at radius 3 is 2.40 bits per heavy atom. The lowest BCUT2D eigenvalue weighted by Crippen LogP contribution is -2.41. The molecule has 2 aromatic heterocycles. The second-order valence-corrected chi connectivity index (χ2v) is 12.7. The number of benzene rings is 2. The second kappa shape index (κ2) is 13.5. The first-order valence-corrected chi connectivity index (χ1v) is 16.1. The average molecular weight is 634 g/mol. The van der Waals surface area contributed by atoms with Gasteiger partial charge in [0.1, 0.15) is 12.1 Å². The highest BCUT2D eigenvalue weighted by atomic mass is 32.2. The molecule has 0 N–H and O–H groups in total. The molecular formula is C32H35N5O7S. The molecule has 1 aliphatic heterocycles. The maximum atomic E-state index is 13.7. The van der Waals surface area contributed by atoms with Crippen molar-refractivity contribution in [3.05, 3.63) is 84.2 Å². The topological polar surface area (TPSA) is 141 Å². The van der Waals surface area contributed by atoms with Crippen LogP contribution in [0.15, 0.2) is 78.0 Å². The maximum Gasteiger partial charge on any atom is 0.415 e. The van der Waals surface area contributed by atoms with Crippen molar-refractivity contribution in [3.8, 4) is 0 Å². The summed E-state index contributed by atoms with van der Waals surface area (Å²) in [5, 5.41) is 0. The summed E-state index contributed by atoms with van der Waals surface area (Å²) in [4.78, 5) is 51.1. The van der Waals surface area contributed by atoms with Crippen LogP contribution in [-0.2, 0) is 30.9 Å². The lowest BCUT2D eigenvalue weighted by atomic mass is 9.90. The first kappa shape index (κ1) is 31.6. The van der Waals surface area contributed by atoms with Crippen molar-refractivity contribution in [3.63, 3.8) is 0 Å². The van der Waals surface area contributed by atoms with E-state index in [4.69, 9.17) is 9.47 Å². The number of hydrogen-bond donors (Lipinski definition) is 0. The molecule has 0 aliphatic carbocycles. The summed E-state index contributed by atoms with van der Waals surface area (Å²) in [6, 6.07) is 17.2. The number of fused-ring (bicyclic) bond motifs is 1. The monoisotopic (exact) mass is 633 g/mol. The predicted octanol–water partition coefficient (Wildman–Crippen LogP) is 4.80. The zero-order valence-corrected chi connectivity index (χ0v) is 26.1. The van der Waals surface area contributed by atoms with Crippen molar-refractivity contribution in [2.24, 2.45) is 11.8 Å². The smallest absolute Gasteiger partial charge is 0.415 e. The molecule has 0 saturated carbocycles. The zero-order chi connectivity index (χ0) is 32.1. The van der Waals surface area contributed by atoms with Crippen LogP contribution in [0.2, 0.25) is 0 Å². The molecule has 45 heavy (non-hydrogen) atoms. The van der Waals surface area contributed by atoms with Gasteiger partial charge in [0.25, 0.3) is 10.0 Å². The molecule has 1 aliphatic rings. The van der Waals surface area contributed by atoms with E-state index in [0.717, 1.165) is 20.0 Å². The Morgan fingerprint density at radius 2 is 1.71 bits per heavy atom. The molecule has 0 unspecified atom stereocenters. The molecule has 236 valence electrons. The minimum Gasteiger partial charge on any atom is -0.449 e. The van der Waals surface area contributed by atoms with Gasteiger partial charge >= 0.3 is 12.2 Å². The third-order valence-corrected chi connectivity index (χ3v) is 9.52. The molecule has 1 saturated heterocycles. The van der Waals surface area contributed by atoms with E-state index in [0.29, 0.717) is 13.0 Å². The number of aryl methyl sites for hydroxylation is 1. The Balaban J connectivity index is 1.38. The van der Waals surface area contributed by atoms with Crippen LogP contribution >= 0.6 is 0 Å². The second-order valence-electron chi connectivity index (χ2n) is 10.8. The molecule has 0 radical (unpaired) electrons. The third-order valence-electron chi connectivity index (χ3n) is 7.84. The molecule has 13 heteroatoms. The molecule has 2 aromatic carbocycles. The average Bonchev–Trinajstić information content (AvgIpc) is 3.68. The largest absolute Gasteiger partial charge is 0.449 e. The highest BCUT2D eigenvalue weighted by Gasteiger charge is 2.40. The van der Waals surface area contributed by atoms with Gasteiger partial charge in [-0.3, -0.25) is 9.69 Å². The normalized spacial score (nSPS) is 16.5. The summed E-state index contributed by atoms with van der Waals surface area (Å²) in [6.07, 6.45) is 1.94. The fourth-order valence-electron chi connectivity index (χ4n) is 5.34. The molecule has 2 amide bonds. The van der Waals surface area contributed by atoms with Crippen LogP contribution in [0.5, 0.6) is 0 Å². The first-order valence-electron chi connectivity index (χ1n) is 14.7. The number of amides is 2. The molecule has 3 heterocycles. The van der Waals surface area contributed by atoms with E-state index in [9.17, 15) is 22.8 Å². The number of carbonyl (C=O) groups excluding carboxylic acids is 3. The number of carbonyl (C=O) groups is 3. The van der Waals surface area contributed by atoms with Gasteiger partial charge in [-0.2, -0.15) is 0 Å². The highest BCUT2D eigenvalue weighted by molar-refractivity contribution is 7.90. The van der Waals surface area contributed by atoms with E-state index < -0.39 is 34.7 Å². The number of anilines is 1. The van der Waals surface area contributed by atoms with Crippen molar-refractivity contribution >= 4 is 45.0 Å². The molecule has 0 bridgehead atoms. The quantitative estimate of drug-likeness (QED) is 0.241. The van der Waals surface area contributed by atoms with Gasteiger partial charge in [-0.1, -0.05) is 61.4 Å². The molecule has 12 nitrogen and oxygen atoms in total. The van der Waals surface area contributed by atoms with Crippen LogP contribution in [0.1, 0.15) is 31.4 Å². The van der Waals surface area contributed by atoms with Gasteiger partial charge in [-0.15, -0.1) is 0 Å². The Hall–Kier alpha value is -4.78. The minimum atomic E-state index is -4.03. The predicted molar refractivity (Wildman–Crippen MR) is 166 cm³/mol. The summed E-state index contributed by atoms with van der Waals surface area (Å²) in [6.45, 7) is 5.67. The van der Waals surface area contributed by atoms with Crippen LogP contribution in [0.25, 0.3) is 11.2 Å². The lowest BCUT2D eigenvalue weighted by molar-refractivity contribution is -0.122. The van der Waals surface area contributed by atoms with Gasteiger partial charge in [-0.05, 0) is 43.5 Å². The molecular weight excluding hydrogens is 598 g/mol. The van der Waals surface area contributed by atoms with Gasteiger partial charge in [0.15, 0.2) is 17.2 Å². The summed E-state index contributed by atoms with van der Waals surface area (Å²) < 4.78 is 38.6. The van der Waals surface area contributed by atoms with E-state index in [-0.39, 0.29) is 53.3 Å². The van der Waals surface area contributed by atoms with Crippen molar-refractivity contribution in [2.75, 3.05) is 31.1 Å². The van der Waals surface area contributed by atoms with E-state index >= 15 is 0 Å². The summed E-state index contributed by atoms with van der Waals surface area (Å²) in [7, 11) is -4.03. The standard InChI is InChI=1S/C32H35N5O7S/c1-4-24-18-35(31(39)44-21-23-9-7-6-8-10-23)19-26(24)28(38)20-36(32(40)43-5-2)29-17-33-27-15-16-37(30(27)34-29)45(41,42)25-13-11-22(3)12-14-25/h6-17,24,26H,4-5,18-21H2,1-3H3/t24-,26-/m1/s1. The Bertz CT molecular complexity index is 1790. The lowest BCUT2D eigenvalue weighted by Gasteiger charge is -2.23. The summed E-state index contributed by atoms with van der Waals surface area (Å²) >= 11 is 0. The van der Waals surface area contributed by atoms with Crippen molar-refractivity contribution < 1.29 is 32.3 Å². The van der Waals surface area contributed by atoms with E-state index in [2.05, 4.69) is 9.97 Å². The zero-order valence-electron chi connectivity index (χ0n) is 25.3. The number of aromatic nitrogens is 3. The maximum absolute atomic E-state index is 13.7. The van der Waals surface area contributed by atoms with E-state index in [1.54, 1.807) is 19.1 Å². The molecule has 2 atom stereocenters. The number of ketones is 1.